The second kappa shape index (κ2) is 10.7. The maximum absolute atomic E-state index is 14.7. The molecule has 192 valence electrons. The number of ether oxygens (including phenoxy) is 1. The monoisotopic (exact) mass is 496 g/mol. The molecule has 3 aliphatic heterocycles. The van der Waals surface area contributed by atoms with Gasteiger partial charge < -0.3 is 20.3 Å². The zero-order valence-corrected chi connectivity index (χ0v) is 19.7. The first-order valence-electron chi connectivity index (χ1n) is 11.9. The van der Waals surface area contributed by atoms with E-state index in [4.69, 9.17) is 4.74 Å². The minimum absolute atomic E-state index is 0.198. The molecule has 0 bridgehead atoms. The molecular formula is C25H32F4N4O2. The average Bonchev–Trinajstić information content (AvgIpc) is 2.76. The van der Waals surface area contributed by atoms with Crippen LogP contribution in [0, 0.1) is 0 Å². The fourth-order valence-electron chi connectivity index (χ4n) is 4.76. The number of anilines is 1. The number of alkyl halides is 4. The maximum Gasteiger partial charge on any atom is 0.413 e. The van der Waals surface area contributed by atoms with Crippen LogP contribution in [0.3, 0.4) is 0 Å². The van der Waals surface area contributed by atoms with Crippen molar-refractivity contribution < 1.29 is 27.1 Å². The molecule has 1 amide bonds. The minimum Gasteiger partial charge on any atom is -0.379 e. The first kappa shape index (κ1) is 25.7. The number of nitrogens with zero attached hydrogens (tertiary/aromatic N) is 1. The summed E-state index contributed by atoms with van der Waals surface area (Å²) in [5.41, 5.74) is 0.970. The first-order chi connectivity index (χ1) is 16.6. The summed E-state index contributed by atoms with van der Waals surface area (Å²) < 4.78 is 60.7. The Balaban J connectivity index is 1.53. The second-order valence-electron chi connectivity index (χ2n) is 9.45. The molecule has 0 aromatic heterocycles. The zero-order chi connectivity index (χ0) is 25.2. The van der Waals surface area contributed by atoms with Crippen LogP contribution in [-0.2, 0) is 16.0 Å². The van der Waals surface area contributed by atoms with Gasteiger partial charge in [0.25, 0.3) is 0 Å². The van der Waals surface area contributed by atoms with E-state index in [-0.39, 0.29) is 12.5 Å². The van der Waals surface area contributed by atoms with Gasteiger partial charge >= 0.3 is 6.18 Å². The Hall–Kier alpha value is -2.43. The molecule has 0 spiro atoms. The lowest BCUT2D eigenvalue weighted by atomic mass is 9.85. The Kier molecular flexibility index (Phi) is 7.83. The number of likely N-dealkylation sites (tertiary alicyclic amines) is 1. The van der Waals surface area contributed by atoms with E-state index in [2.05, 4.69) is 22.5 Å². The van der Waals surface area contributed by atoms with Crippen molar-refractivity contribution in [1.29, 1.82) is 0 Å². The van der Waals surface area contributed by atoms with Gasteiger partial charge in [-0.25, -0.2) is 4.39 Å². The summed E-state index contributed by atoms with van der Waals surface area (Å²) in [7, 11) is 1.87. The van der Waals surface area contributed by atoms with Crippen molar-refractivity contribution in [3.63, 3.8) is 0 Å². The van der Waals surface area contributed by atoms with Crippen molar-refractivity contribution in [1.82, 2.24) is 15.5 Å². The highest BCUT2D eigenvalue weighted by atomic mass is 19.4. The zero-order valence-electron chi connectivity index (χ0n) is 19.7. The molecular weight excluding hydrogens is 464 g/mol. The standard InChI is InChI=1S/C25H32F4N4O2/c1-15(25(27,28)29)23-17-6-3-7-20(32-21-8-11-33(2)14-19(21)26)18(17)13-16(31-23)5-4-10-30-24(34)22-9-12-35-22/h3-7,16,19,21-23,31-32H,1,8-14H2,2H3,(H,30,34)/b5-4+/t16?,19-,21+,22+,23?/m0/s1. The summed E-state index contributed by atoms with van der Waals surface area (Å²) in [6, 6.07) is 3.18. The lowest BCUT2D eigenvalue weighted by Gasteiger charge is -2.37. The minimum atomic E-state index is -4.57. The summed E-state index contributed by atoms with van der Waals surface area (Å²) in [6.45, 7) is 5.20. The van der Waals surface area contributed by atoms with E-state index in [0.717, 1.165) is 6.54 Å². The van der Waals surface area contributed by atoms with Gasteiger partial charge in [-0.3, -0.25) is 10.1 Å². The smallest absolute Gasteiger partial charge is 0.379 e. The Morgan fingerprint density at radius 3 is 2.77 bits per heavy atom. The number of carbonyl (C=O) groups excluding carboxylic acids is 1. The number of nitrogens with one attached hydrogen (secondary N) is 3. The third-order valence-electron chi connectivity index (χ3n) is 6.88. The lowest BCUT2D eigenvalue weighted by molar-refractivity contribution is -0.144. The van der Waals surface area contributed by atoms with Crippen LogP contribution in [0.1, 0.15) is 30.0 Å². The first-order valence-corrected chi connectivity index (χ1v) is 11.9. The van der Waals surface area contributed by atoms with E-state index in [9.17, 15) is 22.4 Å². The van der Waals surface area contributed by atoms with Crippen LogP contribution in [0.4, 0.5) is 23.2 Å². The van der Waals surface area contributed by atoms with Gasteiger partial charge in [0.15, 0.2) is 0 Å². The number of benzene rings is 1. The van der Waals surface area contributed by atoms with Gasteiger partial charge in [-0.1, -0.05) is 30.9 Å². The average molecular weight is 497 g/mol. The van der Waals surface area contributed by atoms with Crippen LogP contribution in [-0.4, -0.2) is 74.6 Å². The normalized spacial score (nSPS) is 29.3. The molecule has 3 heterocycles. The summed E-state index contributed by atoms with van der Waals surface area (Å²) in [5, 5.41) is 9.05. The van der Waals surface area contributed by atoms with Gasteiger partial charge in [0.2, 0.25) is 5.91 Å². The Labute approximate surface area is 202 Å². The molecule has 0 saturated carbocycles. The van der Waals surface area contributed by atoms with Crippen LogP contribution in [0.25, 0.3) is 0 Å². The second-order valence-corrected chi connectivity index (χ2v) is 9.45. The molecule has 3 aliphatic rings. The quantitative estimate of drug-likeness (QED) is 0.400. The van der Waals surface area contributed by atoms with Crippen molar-refractivity contribution in [3.8, 4) is 0 Å². The number of rotatable bonds is 7. The number of halogens is 4. The van der Waals surface area contributed by atoms with Crippen molar-refractivity contribution in [2.75, 3.05) is 38.6 Å². The van der Waals surface area contributed by atoms with Crippen LogP contribution in [0.15, 0.2) is 42.5 Å². The summed E-state index contributed by atoms with van der Waals surface area (Å²) >= 11 is 0. The SMILES string of the molecule is C=C(C1NC(/C=C/CNC(=O)[C@H]2CCO2)Cc2c(N[C@@H]3CCN(C)C[C@@H]3F)cccc21)C(F)(F)F. The van der Waals surface area contributed by atoms with Gasteiger partial charge in [0, 0.05) is 43.4 Å². The van der Waals surface area contributed by atoms with E-state index in [1.807, 2.05) is 11.9 Å². The van der Waals surface area contributed by atoms with E-state index in [0.29, 0.717) is 49.2 Å². The van der Waals surface area contributed by atoms with Gasteiger partial charge in [-0.2, -0.15) is 13.2 Å². The van der Waals surface area contributed by atoms with Gasteiger partial charge in [0.1, 0.15) is 12.3 Å². The van der Waals surface area contributed by atoms with E-state index < -0.39 is 42.2 Å². The van der Waals surface area contributed by atoms with E-state index in [1.165, 1.54) is 0 Å². The highest BCUT2D eigenvalue weighted by Crippen LogP contribution is 2.40. The van der Waals surface area contributed by atoms with Crippen LogP contribution in [0.2, 0.25) is 0 Å². The molecule has 4 rings (SSSR count). The van der Waals surface area contributed by atoms with Crippen molar-refractivity contribution in [2.24, 2.45) is 0 Å². The lowest BCUT2D eigenvalue weighted by Crippen LogP contribution is -2.47. The van der Waals surface area contributed by atoms with Gasteiger partial charge in [0.05, 0.1) is 18.7 Å². The Bertz CT molecular complexity index is 963. The largest absolute Gasteiger partial charge is 0.413 e. The molecule has 10 heteroatoms. The molecule has 3 N–H and O–H groups in total. The van der Waals surface area contributed by atoms with Crippen molar-refractivity contribution in [2.45, 2.75) is 55.8 Å². The van der Waals surface area contributed by atoms with Crippen molar-refractivity contribution in [3.05, 3.63) is 53.6 Å². The van der Waals surface area contributed by atoms with E-state index >= 15 is 0 Å². The van der Waals surface area contributed by atoms with Crippen LogP contribution in [0.5, 0.6) is 0 Å². The highest BCUT2D eigenvalue weighted by molar-refractivity contribution is 5.81. The Morgan fingerprint density at radius 1 is 1.34 bits per heavy atom. The molecule has 5 atom stereocenters. The van der Waals surface area contributed by atoms with Crippen LogP contribution < -0.4 is 16.0 Å². The number of piperidine rings is 1. The fourth-order valence-corrected chi connectivity index (χ4v) is 4.76. The number of hydrogen-bond donors (Lipinski definition) is 3. The molecule has 35 heavy (non-hydrogen) atoms. The maximum atomic E-state index is 14.7. The van der Waals surface area contributed by atoms with E-state index in [1.54, 1.807) is 30.4 Å². The summed E-state index contributed by atoms with van der Waals surface area (Å²) in [5.74, 6) is -0.198. The fraction of sp³-hybridized carbons (Fsp3) is 0.560. The topological polar surface area (TPSA) is 65.6 Å². The summed E-state index contributed by atoms with van der Waals surface area (Å²) in [6.07, 6.45) is -0.889. The number of amides is 1. The molecule has 1 aromatic rings. The number of fused-ring (bicyclic) bond motifs is 1. The van der Waals surface area contributed by atoms with Crippen molar-refractivity contribution >= 4 is 11.6 Å². The third-order valence-corrected chi connectivity index (χ3v) is 6.88. The molecule has 0 radical (unpaired) electrons. The molecule has 2 unspecified atom stereocenters. The molecule has 0 aliphatic carbocycles. The number of carbonyl (C=O) groups is 1. The number of hydrogen-bond acceptors (Lipinski definition) is 5. The highest BCUT2D eigenvalue weighted by Gasteiger charge is 2.41. The van der Waals surface area contributed by atoms with Crippen LogP contribution >= 0.6 is 0 Å². The summed E-state index contributed by atoms with van der Waals surface area (Å²) in [4.78, 5) is 13.8. The predicted molar refractivity (Wildman–Crippen MR) is 126 cm³/mol. The molecule has 6 nitrogen and oxygen atoms in total. The Morgan fingerprint density at radius 2 is 2.11 bits per heavy atom. The predicted octanol–water partition coefficient (Wildman–Crippen LogP) is 3.28. The molecule has 2 saturated heterocycles. The molecule has 1 aromatic carbocycles. The third kappa shape index (κ3) is 6.05. The molecule has 2 fully saturated rings. The van der Waals surface area contributed by atoms with Gasteiger partial charge in [-0.05, 0) is 37.1 Å². The van der Waals surface area contributed by atoms with Gasteiger partial charge in [-0.15, -0.1) is 0 Å².